The maximum Gasteiger partial charge on any atom is 0.306 e. The summed E-state index contributed by atoms with van der Waals surface area (Å²) in [6, 6.07) is 0. The summed E-state index contributed by atoms with van der Waals surface area (Å²) in [7, 11) is 0. The Morgan fingerprint density at radius 3 is 0.890 bits per heavy atom. The number of rotatable bonds is 54. The molecule has 1 unspecified atom stereocenters. The first-order valence-corrected chi connectivity index (χ1v) is 30.4. The van der Waals surface area contributed by atoms with E-state index >= 15 is 0 Å². The van der Waals surface area contributed by atoms with Crippen LogP contribution in [0.15, 0.2) is 109 Å². The van der Waals surface area contributed by atoms with Gasteiger partial charge in [0.15, 0.2) is 6.10 Å². The van der Waals surface area contributed by atoms with E-state index in [0.29, 0.717) is 19.3 Å². The second-order valence-electron chi connectivity index (χ2n) is 19.9. The molecular weight excluding hydrogens is 901 g/mol. The maximum atomic E-state index is 12.8. The Hall–Kier alpha value is -3.93. The van der Waals surface area contributed by atoms with Crippen LogP contribution in [0, 0.1) is 0 Å². The Kier molecular flexibility index (Phi) is 57.4. The van der Waals surface area contributed by atoms with Crippen LogP contribution in [-0.4, -0.2) is 37.2 Å². The van der Waals surface area contributed by atoms with Crippen molar-refractivity contribution in [3.8, 4) is 0 Å². The van der Waals surface area contributed by atoms with Crippen molar-refractivity contribution in [2.24, 2.45) is 0 Å². The van der Waals surface area contributed by atoms with E-state index in [1.54, 1.807) is 0 Å². The van der Waals surface area contributed by atoms with E-state index in [1.165, 1.54) is 109 Å². The number of carbonyl (C=O) groups excluding carboxylic acids is 3. The Labute approximate surface area is 450 Å². The van der Waals surface area contributed by atoms with Gasteiger partial charge >= 0.3 is 17.9 Å². The molecule has 1 atom stereocenters. The van der Waals surface area contributed by atoms with Crippen LogP contribution < -0.4 is 0 Å². The molecule has 0 aromatic rings. The summed E-state index contributed by atoms with van der Waals surface area (Å²) in [6.07, 6.45) is 82.3. The van der Waals surface area contributed by atoms with Gasteiger partial charge in [-0.05, 0) is 122 Å². The molecule has 6 heteroatoms. The predicted molar refractivity (Wildman–Crippen MR) is 316 cm³/mol. The van der Waals surface area contributed by atoms with Gasteiger partial charge in [-0.15, -0.1) is 0 Å². The zero-order chi connectivity index (χ0) is 52.9. The smallest absolute Gasteiger partial charge is 0.306 e. The second-order valence-corrected chi connectivity index (χ2v) is 19.9. The standard InChI is InChI=1S/C67H112O6/c1-4-7-10-13-16-19-22-24-26-27-28-29-30-31-32-33-34-35-36-37-38-39-41-42-45-48-51-54-57-60-66(69)72-63-64(62-71-65(68)59-56-53-50-47-44-21-18-15-12-9-6-3)73-67(70)61-58-55-52-49-46-43-40-25-23-20-17-14-11-8-5-2/h7,10,15-16,18-19,24-26,28-29,31-32,34-35,37-38,40,64H,4-6,8-9,11-14,17,20-23,27,30,33,36,39,41-63H2,1-3H3/b10-7-,18-15-,19-16-,26-24-,29-28-,32-31-,35-34-,38-37-,40-25-. The third-order valence-electron chi connectivity index (χ3n) is 12.7. The molecule has 0 aliphatic heterocycles. The maximum absolute atomic E-state index is 12.8. The molecule has 0 amide bonds. The second kappa shape index (κ2) is 60.6. The van der Waals surface area contributed by atoms with Crippen LogP contribution in [0.2, 0.25) is 0 Å². The van der Waals surface area contributed by atoms with Gasteiger partial charge in [0, 0.05) is 19.3 Å². The number of carbonyl (C=O) groups is 3. The van der Waals surface area contributed by atoms with Crippen molar-refractivity contribution in [2.75, 3.05) is 13.2 Å². The lowest BCUT2D eigenvalue weighted by molar-refractivity contribution is -0.167. The summed E-state index contributed by atoms with van der Waals surface area (Å²) in [4.78, 5) is 38.1. The van der Waals surface area contributed by atoms with Crippen molar-refractivity contribution in [1.82, 2.24) is 0 Å². The summed E-state index contributed by atoms with van der Waals surface area (Å²) < 4.78 is 16.8. The highest BCUT2D eigenvalue weighted by atomic mass is 16.6. The fourth-order valence-electron chi connectivity index (χ4n) is 8.16. The van der Waals surface area contributed by atoms with E-state index in [-0.39, 0.29) is 31.1 Å². The molecule has 0 aromatic heterocycles. The molecule has 6 nitrogen and oxygen atoms in total. The summed E-state index contributed by atoms with van der Waals surface area (Å²) in [5.41, 5.74) is 0. The number of allylic oxidation sites excluding steroid dienone is 18. The van der Waals surface area contributed by atoms with Crippen molar-refractivity contribution in [3.63, 3.8) is 0 Å². The number of hydrogen-bond acceptors (Lipinski definition) is 6. The van der Waals surface area contributed by atoms with Crippen molar-refractivity contribution in [1.29, 1.82) is 0 Å². The van der Waals surface area contributed by atoms with E-state index in [9.17, 15) is 14.4 Å². The van der Waals surface area contributed by atoms with Gasteiger partial charge in [-0.2, -0.15) is 0 Å². The van der Waals surface area contributed by atoms with Gasteiger partial charge in [-0.25, -0.2) is 0 Å². The predicted octanol–water partition coefficient (Wildman–Crippen LogP) is 20.7. The average molecular weight is 1010 g/mol. The molecule has 0 rings (SSSR count). The van der Waals surface area contributed by atoms with Crippen LogP contribution in [-0.2, 0) is 28.6 Å². The SMILES string of the molecule is CC/C=C\C/C=C\C/C=C\C/C=C\C/C=C\C/C=C\C/C=C\CCCCCCCCCC(=O)OCC(COC(=O)CCCCCCC/C=C\CCCC)OC(=O)CCCCCCC/C=C\CCCCCCCC. The van der Waals surface area contributed by atoms with Gasteiger partial charge in [0.1, 0.15) is 13.2 Å². The molecular formula is C67H112O6. The molecule has 0 aliphatic rings. The van der Waals surface area contributed by atoms with Crippen LogP contribution in [0.25, 0.3) is 0 Å². The molecule has 0 aromatic carbocycles. The Balaban J connectivity index is 4.30. The van der Waals surface area contributed by atoms with Crippen LogP contribution in [0.3, 0.4) is 0 Å². The molecule has 0 saturated heterocycles. The Morgan fingerprint density at radius 1 is 0.288 bits per heavy atom. The van der Waals surface area contributed by atoms with Gasteiger partial charge < -0.3 is 14.2 Å². The van der Waals surface area contributed by atoms with E-state index in [2.05, 4.69) is 130 Å². The quantitative estimate of drug-likeness (QED) is 0.0261. The highest BCUT2D eigenvalue weighted by Crippen LogP contribution is 2.14. The zero-order valence-electron chi connectivity index (χ0n) is 47.6. The fraction of sp³-hybridized carbons (Fsp3) is 0.687. The van der Waals surface area contributed by atoms with E-state index in [1.807, 2.05) is 0 Å². The lowest BCUT2D eigenvalue weighted by Gasteiger charge is -2.18. The van der Waals surface area contributed by atoms with Gasteiger partial charge in [-0.1, -0.05) is 246 Å². The van der Waals surface area contributed by atoms with E-state index in [4.69, 9.17) is 14.2 Å². The fourth-order valence-corrected chi connectivity index (χ4v) is 8.16. The third-order valence-corrected chi connectivity index (χ3v) is 12.7. The van der Waals surface area contributed by atoms with Crippen LogP contribution in [0.5, 0.6) is 0 Å². The first-order chi connectivity index (χ1) is 36.0. The highest BCUT2D eigenvalue weighted by molar-refractivity contribution is 5.71. The van der Waals surface area contributed by atoms with E-state index < -0.39 is 6.10 Å². The summed E-state index contributed by atoms with van der Waals surface area (Å²) in [6.45, 7) is 6.46. The number of esters is 3. The number of hydrogen-bond donors (Lipinski definition) is 0. The van der Waals surface area contributed by atoms with Gasteiger partial charge in [0.05, 0.1) is 0 Å². The minimum absolute atomic E-state index is 0.0894. The lowest BCUT2D eigenvalue weighted by Crippen LogP contribution is -2.30. The zero-order valence-corrected chi connectivity index (χ0v) is 47.6. The molecule has 0 aliphatic carbocycles. The number of ether oxygens (including phenoxy) is 3. The van der Waals surface area contributed by atoms with Gasteiger partial charge in [-0.3, -0.25) is 14.4 Å². The van der Waals surface area contributed by atoms with E-state index in [0.717, 1.165) is 128 Å². The molecule has 0 bridgehead atoms. The van der Waals surface area contributed by atoms with Crippen molar-refractivity contribution in [3.05, 3.63) is 109 Å². The molecule has 73 heavy (non-hydrogen) atoms. The normalized spacial score (nSPS) is 12.9. The van der Waals surface area contributed by atoms with Crippen LogP contribution >= 0.6 is 0 Å². The van der Waals surface area contributed by atoms with Crippen molar-refractivity contribution < 1.29 is 28.6 Å². The van der Waals surface area contributed by atoms with Gasteiger partial charge in [0.25, 0.3) is 0 Å². The van der Waals surface area contributed by atoms with Crippen LogP contribution in [0.1, 0.15) is 278 Å². The molecule has 0 fully saturated rings. The van der Waals surface area contributed by atoms with Crippen molar-refractivity contribution >= 4 is 17.9 Å². The molecule has 0 spiro atoms. The largest absolute Gasteiger partial charge is 0.462 e. The van der Waals surface area contributed by atoms with Gasteiger partial charge in [0.2, 0.25) is 0 Å². The van der Waals surface area contributed by atoms with Crippen molar-refractivity contribution in [2.45, 2.75) is 284 Å². The Morgan fingerprint density at radius 2 is 0.548 bits per heavy atom. The molecule has 416 valence electrons. The minimum atomic E-state index is -0.791. The Bertz CT molecular complexity index is 1490. The molecule has 0 radical (unpaired) electrons. The minimum Gasteiger partial charge on any atom is -0.462 e. The molecule has 0 N–H and O–H groups in total. The highest BCUT2D eigenvalue weighted by Gasteiger charge is 2.19. The molecule has 0 saturated carbocycles. The summed E-state index contributed by atoms with van der Waals surface area (Å²) in [5, 5.41) is 0. The monoisotopic (exact) mass is 1010 g/mol. The summed E-state index contributed by atoms with van der Waals surface area (Å²) >= 11 is 0. The lowest BCUT2D eigenvalue weighted by atomic mass is 10.1. The molecule has 0 heterocycles. The first kappa shape index (κ1) is 69.1. The average Bonchev–Trinajstić information content (AvgIpc) is 3.39. The first-order valence-electron chi connectivity index (χ1n) is 30.4. The summed E-state index contributed by atoms with van der Waals surface area (Å²) in [5.74, 6) is -0.916. The topological polar surface area (TPSA) is 78.9 Å². The third kappa shape index (κ3) is 58.8. The van der Waals surface area contributed by atoms with Crippen LogP contribution in [0.4, 0.5) is 0 Å². The number of unbranched alkanes of at least 4 members (excludes halogenated alkanes) is 25.